The Hall–Kier alpha value is -4.52. The minimum absolute atomic E-state index is 0.185. The first-order valence-electron chi connectivity index (χ1n) is 11.4. The molecule has 0 saturated carbocycles. The molecule has 0 unspecified atom stereocenters. The van der Waals surface area contributed by atoms with Gasteiger partial charge in [-0.25, -0.2) is 18.4 Å². The van der Waals surface area contributed by atoms with Crippen LogP contribution in [0.25, 0.3) is 17.1 Å². The summed E-state index contributed by atoms with van der Waals surface area (Å²) in [5.74, 6) is 0.394. The predicted molar refractivity (Wildman–Crippen MR) is 140 cm³/mol. The minimum Gasteiger partial charge on any atom is -0.497 e. The van der Waals surface area contributed by atoms with Crippen molar-refractivity contribution in [2.75, 3.05) is 26.1 Å². The minimum atomic E-state index is -4.33. The number of hydrogen-bond acceptors (Lipinski definition) is 10. The standard InChI is InChI=1S/C25H26N6O6S/c1-15-13-26-23(27-14-15)22(32)16(2)38(33,34)30-25-29-28-24(17-8-6-9-18(12-17)35-3)31(25)21-19(36-4)10-7-11-20(21)37-5/h6-14,16H,1-5H3,(H,29,30)/t16-/m0/s1. The average molecular weight is 539 g/mol. The van der Waals surface area contributed by atoms with Crippen molar-refractivity contribution in [2.24, 2.45) is 0 Å². The van der Waals surface area contributed by atoms with E-state index >= 15 is 0 Å². The highest BCUT2D eigenvalue weighted by Gasteiger charge is 2.33. The van der Waals surface area contributed by atoms with Gasteiger partial charge in [-0.05, 0) is 43.7 Å². The lowest BCUT2D eigenvalue weighted by molar-refractivity contribution is 0.0981. The average Bonchev–Trinajstić information content (AvgIpc) is 3.34. The molecule has 0 aliphatic heterocycles. The molecular formula is C25H26N6O6S. The van der Waals surface area contributed by atoms with E-state index in [2.05, 4.69) is 24.9 Å². The second-order valence-corrected chi connectivity index (χ2v) is 10.2. The number of nitrogens with zero attached hydrogens (tertiary/aromatic N) is 5. The molecule has 4 aromatic rings. The van der Waals surface area contributed by atoms with Crippen LogP contribution in [-0.2, 0) is 10.0 Å². The molecule has 0 bridgehead atoms. The number of anilines is 1. The van der Waals surface area contributed by atoms with Crippen LogP contribution in [0.2, 0.25) is 0 Å². The molecule has 0 radical (unpaired) electrons. The van der Waals surface area contributed by atoms with Crippen molar-refractivity contribution in [3.05, 3.63) is 66.2 Å². The van der Waals surface area contributed by atoms with Gasteiger partial charge in [-0.2, -0.15) is 0 Å². The number of rotatable bonds is 10. The third-order valence-corrected chi connectivity index (χ3v) is 7.30. The first-order chi connectivity index (χ1) is 18.2. The van der Waals surface area contributed by atoms with E-state index in [-0.39, 0.29) is 17.6 Å². The fraction of sp³-hybridized carbons (Fsp3) is 0.240. The zero-order valence-corrected chi connectivity index (χ0v) is 22.2. The van der Waals surface area contributed by atoms with Crippen molar-refractivity contribution in [3.63, 3.8) is 0 Å². The number of carbonyl (C=O) groups is 1. The van der Waals surface area contributed by atoms with Crippen molar-refractivity contribution in [2.45, 2.75) is 19.1 Å². The summed E-state index contributed by atoms with van der Waals surface area (Å²) in [6, 6.07) is 12.1. The number of Topliss-reactive ketones (excluding diaryl/α,β-unsaturated/α-hetero) is 1. The van der Waals surface area contributed by atoms with Crippen LogP contribution in [0.4, 0.5) is 5.95 Å². The molecule has 0 fully saturated rings. The van der Waals surface area contributed by atoms with Crippen LogP contribution in [0, 0.1) is 6.92 Å². The molecule has 2 aromatic carbocycles. The number of sulfonamides is 1. The molecule has 38 heavy (non-hydrogen) atoms. The number of benzene rings is 2. The molecule has 2 heterocycles. The monoisotopic (exact) mass is 538 g/mol. The van der Waals surface area contributed by atoms with Crippen molar-refractivity contribution in [3.8, 4) is 34.3 Å². The van der Waals surface area contributed by atoms with Crippen LogP contribution >= 0.6 is 0 Å². The summed E-state index contributed by atoms with van der Waals surface area (Å²) in [6.45, 7) is 3.01. The van der Waals surface area contributed by atoms with Gasteiger partial charge in [0.15, 0.2) is 11.6 Å². The number of nitrogens with one attached hydrogen (secondary N) is 1. The summed E-state index contributed by atoms with van der Waals surface area (Å²) in [5, 5.41) is 6.84. The summed E-state index contributed by atoms with van der Waals surface area (Å²) in [7, 11) is 0.144. The Kier molecular flexibility index (Phi) is 7.57. The van der Waals surface area contributed by atoms with Crippen LogP contribution in [0.3, 0.4) is 0 Å². The molecule has 0 amide bonds. The topological polar surface area (TPSA) is 147 Å². The molecule has 1 atom stereocenters. The van der Waals surface area contributed by atoms with Crippen LogP contribution in [-0.4, -0.2) is 65.5 Å². The Balaban J connectivity index is 1.85. The number of aromatic nitrogens is 5. The molecule has 1 N–H and O–H groups in total. The van der Waals surface area contributed by atoms with E-state index in [0.29, 0.717) is 28.5 Å². The van der Waals surface area contributed by atoms with Crippen molar-refractivity contribution < 1.29 is 27.4 Å². The molecule has 198 valence electrons. The quantitative estimate of drug-likeness (QED) is 0.299. The smallest absolute Gasteiger partial charge is 0.245 e. The lowest BCUT2D eigenvalue weighted by Gasteiger charge is -2.18. The van der Waals surface area contributed by atoms with Gasteiger partial charge in [0.2, 0.25) is 21.8 Å². The van der Waals surface area contributed by atoms with Crippen LogP contribution in [0.5, 0.6) is 17.2 Å². The van der Waals surface area contributed by atoms with Gasteiger partial charge in [0, 0.05) is 18.0 Å². The van der Waals surface area contributed by atoms with E-state index in [0.717, 1.165) is 5.56 Å². The Labute approximate surface area is 219 Å². The molecular weight excluding hydrogens is 512 g/mol. The molecule has 0 saturated heterocycles. The van der Waals surface area contributed by atoms with Gasteiger partial charge in [0.25, 0.3) is 0 Å². The number of para-hydroxylation sites is 1. The summed E-state index contributed by atoms with van der Waals surface area (Å²) in [5.41, 5.74) is 1.66. The van der Waals surface area contributed by atoms with E-state index in [4.69, 9.17) is 14.2 Å². The van der Waals surface area contributed by atoms with Gasteiger partial charge in [0.1, 0.15) is 28.2 Å². The molecule has 13 heteroatoms. The second kappa shape index (κ2) is 10.8. The van der Waals surface area contributed by atoms with Crippen LogP contribution in [0.15, 0.2) is 54.9 Å². The third kappa shape index (κ3) is 5.13. The molecule has 12 nitrogen and oxygen atoms in total. The van der Waals surface area contributed by atoms with Gasteiger partial charge in [0.05, 0.1) is 21.3 Å². The van der Waals surface area contributed by atoms with Crippen LogP contribution < -0.4 is 18.9 Å². The highest BCUT2D eigenvalue weighted by molar-refractivity contribution is 7.94. The molecule has 0 spiro atoms. The Morgan fingerprint density at radius 2 is 1.58 bits per heavy atom. The fourth-order valence-corrected chi connectivity index (χ4v) is 4.57. The summed E-state index contributed by atoms with van der Waals surface area (Å²) < 4.78 is 47.0. The number of carbonyl (C=O) groups excluding carboxylic acids is 1. The van der Waals surface area contributed by atoms with E-state index in [1.54, 1.807) is 49.4 Å². The van der Waals surface area contributed by atoms with Gasteiger partial charge in [-0.15, -0.1) is 10.2 Å². The summed E-state index contributed by atoms with van der Waals surface area (Å²) in [4.78, 5) is 20.8. The Bertz CT molecular complexity index is 1550. The lowest BCUT2D eigenvalue weighted by atomic mass is 10.2. The maximum absolute atomic E-state index is 13.4. The van der Waals surface area contributed by atoms with Crippen molar-refractivity contribution in [1.29, 1.82) is 0 Å². The highest BCUT2D eigenvalue weighted by atomic mass is 32.2. The zero-order chi connectivity index (χ0) is 27.4. The van der Waals surface area contributed by atoms with E-state index in [9.17, 15) is 13.2 Å². The SMILES string of the molecule is COc1cccc(-c2nnc(NS(=O)(=O)[C@@H](C)C(=O)c3ncc(C)cn3)n2-c2c(OC)cccc2OC)c1. The Morgan fingerprint density at radius 3 is 2.18 bits per heavy atom. The van der Waals surface area contributed by atoms with Crippen molar-refractivity contribution >= 4 is 21.8 Å². The van der Waals surface area contributed by atoms with Crippen LogP contribution in [0.1, 0.15) is 23.1 Å². The number of aryl methyl sites for hydroxylation is 1. The highest BCUT2D eigenvalue weighted by Crippen LogP contribution is 2.38. The Morgan fingerprint density at radius 1 is 0.947 bits per heavy atom. The summed E-state index contributed by atoms with van der Waals surface area (Å²) >= 11 is 0. The lowest BCUT2D eigenvalue weighted by Crippen LogP contribution is -2.34. The van der Waals surface area contributed by atoms with E-state index < -0.39 is 21.1 Å². The van der Waals surface area contributed by atoms with Gasteiger partial charge in [-0.1, -0.05) is 18.2 Å². The van der Waals surface area contributed by atoms with Gasteiger partial charge >= 0.3 is 0 Å². The maximum atomic E-state index is 13.4. The molecule has 0 aliphatic rings. The van der Waals surface area contributed by atoms with E-state index in [1.165, 1.54) is 45.2 Å². The number of ether oxygens (including phenoxy) is 3. The molecule has 4 rings (SSSR count). The third-order valence-electron chi connectivity index (χ3n) is 5.69. The fourth-order valence-electron chi connectivity index (χ4n) is 3.62. The normalized spacial score (nSPS) is 12.0. The second-order valence-electron chi connectivity index (χ2n) is 8.16. The first kappa shape index (κ1) is 26.5. The predicted octanol–water partition coefficient (Wildman–Crippen LogP) is 3.07. The van der Waals surface area contributed by atoms with Gasteiger partial charge < -0.3 is 14.2 Å². The largest absolute Gasteiger partial charge is 0.497 e. The number of hydrogen-bond donors (Lipinski definition) is 1. The van der Waals surface area contributed by atoms with Gasteiger partial charge in [-0.3, -0.25) is 14.1 Å². The number of methoxy groups -OCH3 is 3. The van der Waals surface area contributed by atoms with Crippen molar-refractivity contribution in [1.82, 2.24) is 24.7 Å². The van der Waals surface area contributed by atoms with E-state index in [1.807, 2.05) is 0 Å². The first-order valence-corrected chi connectivity index (χ1v) is 12.9. The molecule has 2 aromatic heterocycles. The number of ketones is 1. The summed E-state index contributed by atoms with van der Waals surface area (Å²) in [6.07, 6.45) is 2.88. The molecule has 0 aliphatic carbocycles. The zero-order valence-electron chi connectivity index (χ0n) is 21.4. The maximum Gasteiger partial charge on any atom is 0.245 e.